The molecule has 0 unspecified atom stereocenters. The van der Waals surface area contributed by atoms with Crippen LogP contribution in [0.4, 0.5) is 0 Å². The molecule has 9 nitrogen and oxygen atoms in total. The van der Waals surface area contributed by atoms with Gasteiger partial charge in [0.1, 0.15) is 5.75 Å². The third-order valence-corrected chi connectivity index (χ3v) is 10.2. The lowest BCUT2D eigenvalue weighted by Gasteiger charge is -2.17. The van der Waals surface area contributed by atoms with Gasteiger partial charge in [0.2, 0.25) is 20.0 Å². The first kappa shape index (κ1) is 28.8. The molecular formula is C28H33N3O6S2. The van der Waals surface area contributed by atoms with Crippen molar-refractivity contribution in [2.45, 2.75) is 35.6 Å². The van der Waals surface area contributed by atoms with Crippen LogP contribution in [0, 0.1) is 0 Å². The highest BCUT2D eigenvalue weighted by Gasteiger charge is 2.27. The van der Waals surface area contributed by atoms with Crippen molar-refractivity contribution in [2.24, 2.45) is 0 Å². The summed E-state index contributed by atoms with van der Waals surface area (Å²) in [6, 6.07) is 22.0. The number of nitrogens with zero attached hydrogens (tertiary/aromatic N) is 2. The first-order chi connectivity index (χ1) is 18.7. The molecule has 1 aliphatic rings. The van der Waals surface area contributed by atoms with Crippen LogP contribution in [0.1, 0.15) is 24.0 Å². The van der Waals surface area contributed by atoms with Crippen molar-refractivity contribution < 1.29 is 26.4 Å². The zero-order valence-electron chi connectivity index (χ0n) is 21.8. The van der Waals surface area contributed by atoms with Gasteiger partial charge in [-0.05, 0) is 66.8 Å². The van der Waals surface area contributed by atoms with Crippen molar-refractivity contribution >= 4 is 26.0 Å². The van der Waals surface area contributed by atoms with Gasteiger partial charge < -0.3 is 10.1 Å². The molecule has 0 saturated carbocycles. The third-order valence-electron chi connectivity index (χ3n) is 6.51. The van der Waals surface area contributed by atoms with Crippen molar-refractivity contribution in [3.05, 3.63) is 90.0 Å². The number of sulfonamides is 2. The molecule has 3 aromatic carbocycles. The van der Waals surface area contributed by atoms with Gasteiger partial charge in [-0.1, -0.05) is 42.5 Å². The minimum absolute atomic E-state index is 0.136. The molecule has 0 aliphatic carbocycles. The lowest BCUT2D eigenvalue weighted by Crippen LogP contribution is -2.30. The molecule has 208 valence electrons. The van der Waals surface area contributed by atoms with Crippen LogP contribution in [0.25, 0.3) is 0 Å². The monoisotopic (exact) mass is 571 g/mol. The molecule has 1 amide bonds. The van der Waals surface area contributed by atoms with Crippen LogP contribution < -0.4 is 10.1 Å². The molecule has 0 spiro atoms. The van der Waals surface area contributed by atoms with Crippen LogP contribution in [0.5, 0.6) is 5.75 Å². The molecule has 1 heterocycles. The maximum atomic E-state index is 12.9. The molecule has 0 atom stereocenters. The fraction of sp³-hybridized carbons (Fsp3) is 0.321. The zero-order valence-corrected chi connectivity index (χ0v) is 23.5. The molecule has 1 saturated heterocycles. The summed E-state index contributed by atoms with van der Waals surface area (Å²) in [6.07, 6.45) is 2.32. The summed E-state index contributed by atoms with van der Waals surface area (Å²) in [6.45, 7) is 1.53. The van der Waals surface area contributed by atoms with Gasteiger partial charge in [0, 0.05) is 33.2 Å². The topological polar surface area (TPSA) is 113 Å². The van der Waals surface area contributed by atoms with E-state index in [4.69, 9.17) is 4.74 Å². The minimum Gasteiger partial charge on any atom is -0.484 e. The van der Waals surface area contributed by atoms with Gasteiger partial charge in [0.25, 0.3) is 5.91 Å². The largest absolute Gasteiger partial charge is 0.484 e. The summed E-state index contributed by atoms with van der Waals surface area (Å²) in [5.74, 6) is 0.0622. The Bertz CT molecular complexity index is 1450. The van der Waals surface area contributed by atoms with E-state index in [1.165, 1.54) is 39.9 Å². The number of rotatable bonds is 12. The van der Waals surface area contributed by atoms with Crippen LogP contribution in [0.3, 0.4) is 0 Å². The van der Waals surface area contributed by atoms with Crippen molar-refractivity contribution in [1.29, 1.82) is 0 Å². The molecule has 0 radical (unpaired) electrons. The first-order valence-electron chi connectivity index (χ1n) is 12.8. The second-order valence-corrected chi connectivity index (χ2v) is 13.3. The highest BCUT2D eigenvalue weighted by Crippen LogP contribution is 2.22. The van der Waals surface area contributed by atoms with Gasteiger partial charge >= 0.3 is 0 Å². The van der Waals surface area contributed by atoms with Crippen molar-refractivity contribution in [2.75, 3.05) is 33.3 Å². The number of benzene rings is 3. The highest BCUT2D eigenvalue weighted by atomic mass is 32.2. The lowest BCUT2D eigenvalue weighted by molar-refractivity contribution is -0.123. The van der Waals surface area contributed by atoms with Crippen LogP contribution in [-0.4, -0.2) is 64.6 Å². The highest BCUT2D eigenvalue weighted by molar-refractivity contribution is 7.89. The summed E-state index contributed by atoms with van der Waals surface area (Å²) in [5, 5.41) is 2.77. The van der Waals surface area contributed by atoms with Crippen LogP contribution in [0.2, 0.25) is 0 Å². The molecule has 1 fully saturated rings. The third kappa shape index (κ3) is 7.45. The van der Waals surface area contributed by atoms with Crippen molar-refractivity contribution in [3.8, 4) is 5.75 Å². The Morgan fingerprint density at radius 2 is 1.46 bits per heavy atom. The van der Waals surface area contributed by atoms with Crippen molar-refractivity contribution in [3.63, 3.8) is 0 Å². The Hall–Kier alpha value is -3.25. The Balaban J connectivity index is 1.21. The van der Waals surface area contributed by atoms with Gasteiger partial charge in [-0.25, -0.2) is 16.8 Å². The van der Waals surface area contributed by atoms with Gasteiger partial charge in [-0.2, -0.15) is 8.61 Å². The summed E-state index contributed by atoms with van der Waals surface area (Å²) < 4.78 is 59.3. The number of amides is 1. The van der Waals surface area contributed by atoms with E-state index in [9.17, 15) is 21.6 Å². The Morgan fingerprint density at radius 3 is 2.10 bits per heavy atom. The maximum absolute atomic E-state index is 12.9. The number of nitrogens with one attached hydrogen (secondary N) is 1. The summed E-state index contributed by atoms with van der Waals surface area (Å²) in [7, 11) is -5.59. The SMILES string of the molecule is CN(Cc1ccccc1)S(=O)(=O)c1ccc(OCC(=O)NCCc2ccc(S(=O)(=O)N3CCCC3)cc2)cc1. The molecule has 0 bridgehead atoms. The van der Waals surface area contributed by atoms with Crippen LogP contribution in [0.15, 0.2) is 88.7 Å². The summed E-state index contributed by atoms with van der Waals surface area (Å²) >= 11 is 0. The minimum atomic E-state index is -3.68. The summed E-state index contributed by atoms with van der Waals surface area (Å²) in [5.41, 5.74) is 1.79. The van der Waals surface area contributed by atoms with Crippen LogP contribution >= 0.6 is 0 Å². The van der Waals surface area contributed by atoms with E-state index in [0.29, 0.717) is 31.8 Å². The number of hydrogen-bond donors (Lipinski definition) is 1. The number of carbonyl (C=O) groups excluding carboxylic acids is 1. The Labute approximate surface area is 230 Å². The lowest BCUT2D eigenvalue weighted by atomic mass is 10.1. The van der Waals surface area contributed by atoms with E-state index in [-0.39, 0.29) is 28.8 Å². The Morgan fingerprint density at radius 1 is 0.846 bits per heavy atom. The van der Waals surface area contributed by atoms with E-state index in [2.05, 4.69) is 5.32 Å². The fourth-order valence-corrected chi connectivity index (χ4v) is 6.94. The first-order valence-corrected chi connectivity index (χ1v) is 15.6. The molecule has 1 N–H and O–H groups in total. The molecule has 1 aliphatic heterocycles. The molecule has 39 heavy (non-hydrogen) atoms. The number of carbonyl (C=O) groups is 1. The van der Waals surface area contributed by atoms with Crippen LogP contribution in [-0.2, 0) is 37.8 Å². The standard InChI is InChI=1S/C28H33N3O6S2/c1-30(21-24-7-3-2-4-8-24)38(33,34)26-15-11-25(12-16-26)37-22-28(32)29-18-17-23-9-13-27(14-10-23)39(35,36)31-19-5-6-20-31/h2-4,7-16H,5-6,17-22H2,1H3,(H,29,32). The summed E-state index contributed by atoms with van der Waals surface area (Å²) in [4.78, 5) is 12.6. The van der Waals surface area contributed by atoms with Gasteiger partial charge in [0.05, 0.1) is 9.79 Å². The van der Waals surface area contributed by atoms with E-state index >= 15 is 0 Å². The van der Waals surface area contributed by atoms with Gasteiger partial charge in [0.15, 0.2) is 6.61 Å². The second-order valence-electron chi connectivity index (χ2n) is 9.36. The quantitative estimate of drug-likeness (QED) is 0.358. The van der Waals surface area contributed by atoms with Crippen molar-refractivity contribution in [1.82, 2.24) is 13.9 Å². The van der Waals surface area contributed by atoms with E-state index in [0.717, 1.165) is 24.0 Å². The van der Waals surface area contributed by atoms with Gasteiger partial charge in [-0.3, -0.25) is 4.79 Å². The molecule has 0 aromatic heterocycles. The van der Waals surface area contributed by atoms with E-state index < -0.39 is 20.0 Å². The molecular weight excluding hydrogens is 538 g/mol. The predicted molar refractivity (Wildman–Crippen MR) is 148 cm³/mol. The van der Waals surface area contributed by atoms with E-state index in [1.807, 2.05) is 30.3 Å². The average molecular weight is 572 g/mol. The molecule has 3 aromatic rings. The normalized spacial score (nSPS) is 14.4. The van der Waals surface area contributed by atoms with E-state index in [1.54, 1.807) is 24.3 Å². The second kappa shape index (κ2) is 12.7. The number of ether oxygens (including phenoxy) is 1. The smallest absolute Gasteiger partial charge is 0.257 e. The average Bonchev–Trinajstić information content (AvgIpc) is 3.49. The van der Waals surface area contributed by atoms with Gasteiger partial charge in [-0.15, -0.1) is 0 Å². The predicted octanol–water partition coefficient (Wildman–Crippen LogP) is 3.03. The maximum Gasteiger partial charge on any atom is 0.257 e. The fourth-order valence-electron chi connectivity index (χ4n) is 4.27. The molecule has 11 heteroatoms. The Kier molecular flexibility index (Phi) is 9.39. The zero-order chi connectivity index (χ0) is 27.9. The molecule has 4 rings (SSSR count). The number of hydrogen-bond acceptors (Lipinski definition) is 6.